The quantitative estimate of drug-likeness (QED) is 0.552. The van der Waals surface area contributed by atoms with Gasteiger partial charge in [-0.05, 0) is 86.0 Å². The van der Waals surface area contributed by atoms with E-state index in [4.69, 9.17) is 21.1 Å². The van der Waals surface area contributed by atoms with E-state index in [1.54, 1.807) is 19.3 Å². The van der Waals surface area contributed by atoms with Crippen LogP contribution in [0.2, 0.25) is 5.02 Å². The van der Waals surface area contributed by atoms with Gasteiger partial charge in [-0.1, -0.05) is 24.6 Å². The topological polar surface area (TPSA) is 59.9 Å². The Bertz CT molecular complexity index is 1010. The molecule has 0 spiro atoms. The number of benzene rings is 2. The summed E-state index contributed by atoms with van der Waals surface area (Å²) in [6.07, 6.45) is 2.64. The highest BCUT2D eigenvalue weighted by Crippen LogP contribution is 2.39. The average Bonchev–Trinajstić information content (AvgIpc) is 3.01. The van der Waals surface area contributed by atoms with Crippen LogP contribution in [0.5, 0.6) is 11.5 Å². The van der Waals surface area contributed by atoms with Gasteiger partial charge >= 0.3 is 0 Å². The minimum atomic E-state index is -0.196. The lowest BCUT2D eigenvalue weighted by Gasteiger charge is -2.17. The fourth-order valence-corrected chi connectivity index (χ4v) is 4.09. The van der Waals surface area contributed by atoms with Gasteiger partial charge in [0.25, 0.3) is 5.91 Å². The summed E-state index contributed by atoms with van der Waals surface area (Å²) in [4.78, 5) is 17.5. The molecule has 0 saturated carbocycles. The summed E-state index contributed by atoms with van der Waals surface area (Å²) < 4.78 is 11.3. The number of hydrogen-bond acceptors (Lipinski definition) is 5. The predicted molar refractivity (Wildman–Crippen MR) is 125 cm³/mol. The lowest BCUT2D eigenvalue weighted by Crippen LogP contribution is -2.19. The van der Waals surface area contributed by atoms with Crippen LogP contribution in [0.25, 0.3) is 6.08 Å². The molecule has 5 nitrogen and oxygen atoms in total. The van der Waals surface area contributed by atoms with Gasteiger partial charge in [0.05, 0.1) is 28.8 Å². The van der Waals surface area contributed by atoms with Crippen molar-refractivity contribution in [2.75, 3.05) is 7.11 Å². The zero-order valence-corrected chi connectivity index (χ0v) is 19.3. The van der Waals surface area contributed by atoms with E-state index in [1.807, 2.05) is 45.9 Å². The van der Waals surface area contributed by atoms with Crippen molar-refractivity contribution in [3.05, 3.63) is 56.9 Å². The Balaban J connectivity index is 1.87. The fourth-order valence-electron chi connectivity index (χ4n) is 2.99. The standard InChI is InChI=1S/C23H25ClN2O3S/c1-6-15(4)29-21-18(24)10-16(11-19(21)28-5)12-20-22(27)26-23(30-20)25-17-8-13(2)7-14(3)9-17/h7-12,15H,6H2,1-5H3,(H,25,26,27). The van der Waals surface area contributed by atoms with Crippen LogP contribution in [-0.2, 0) is 4.79 Å². The molecule has 1 atom stereocenters. The van der Waals surface area contributed by atoms with Gasteiger partial charge in [-0.15, -0.1) is 0 Å². The number of nitrogens with zero attached hydrogens (tertiary/aromatic N) is 1. The van der Waals surface area contributed by atoms with E-state index in [0.717, 1.165) is 28.8 Å². The molecule has 0 aromatic heterocycles. The molecular weight excluding hydrogens is 420 g/mol. The van der Waals surface area contributed by atoms with Gasteiger partial charge in [-0.3, -0.25) is 4.79 Å². The number of amides is 1. The molecule has 0 radical (unpaired) electrons. The Kier molecular flexibility index (Phi) is 7.10. The maximum Gasteiger partial charge on any atom is 0.264 e. The first-order chi connectivity index (χ1) is 14.3. The van der Waals surface area contributed by atoms with Crippen molar-refractivity contribution >= 4 is 46.2 Å². The molecule has 7 heteroatoms. The molecule has 1 aliphatic rings. The van der Waals surface area contributed by atoms with Gasteiger partial charge in [0, 0.05) is 0 Å². The van der Waals surface area contributed by atoms with Crippen molar-refractivity contribution in [1.82, 2.24) is 5.32 Å². The van der Waals surface area contributed by atoms with Gasteiger partial charge in [0.15, 0.2) is 16.7 Å². The fraction of sp³-hybridized carbons (Fsp3) is 0.304. The molecule has 1 heterocycles. The summed E-state index contributed by atoms with van der Waals surface area (Å²) in [6, 6.07) is 9.62. The van der Waals surface area contributed by atoms with Crippen LogP contribution in [0.15, 0.2) is 40.2 Å². The molecule has 1 N–H and O–H groups in total. The predicted octanol–water partition coefficient (Wildman–Crippen LogP) is 6.03. The normalized spacial score (nSPS) is 17.3. The number of thioether (sulfide) groups is 1. The average molecular weight is 445 g/mol. The summed E-state index contributed by atoms with van der Waals surface area (Å²) in [5.41, 5.74) is 3.81. The van der Waals surface area contributed by atoms with Crippen molar-refractivity contribution in [1.29, 1.82) is 0 Å². The number of carbonyl (C=O) groups is 1. The molecule has 0 aliphatic carbocycles. The SMILES string of the molecule is CCC(C)Oc1c(Cl)cc(C=C2SC(=Nc3cc(C)cc(C)c3)NC2=O)cc1OC. The number of halogens is 1. The first-order valence-corrected chi connectivity index (χ1v) is 10.9. The summed E-state index contributed by atoms with van der Waals surface area (Å²) in [7, 11) is 1.57. The number of hydrogen-bond donors (Lipinski definition) is 1. The molecule has 158 valence electrons. The Morgan fingerprint density at radius 2 is 1.90 bits per heavy atom. The first kappa shape index (κ1) is 22.2. The van der Waals surface area contributed by atoms with E-state index in [9.17, 15) is 4.79 Å². The molecule has 30 heavy (non-hydrogen) atoms. The third-order valence-electron chi connectivity index (χ3n) is 4.53. The minimum absolute atomic E-state index is 0.0146. The number of amidine groups is 1. The Morgan fingerprint density at radius 3 is 2.53 bits per heavy atom. The van der Waals surface area contributed by atoms with E-state index < -0.39 is 0 Å². The summed E-state index contributed by atoms with van der Waals surface area (Å²) >= 11 is 7.73. The second-order valence-corrected chi connectivity index (χ2v) is 8.64. The van der Waals surface area contributed by atoms with E-state index >= 15 is 0 Å². The summed E-state index contributed by atoms with van der Waals surface area (Å²) in [6.45, 7) is 8.06. The molecule has 1 unspecified atom stereocenters. The molecule has 2 aromatic rings. The van der Waals surface area contributed by atoms with Crippen molar-refractivity contribution in [3.8, 4) is 11.5 Å². The van der Waals surface area contributed by atoms with Crippen molar-refractivity contribution < 1.29 is 14.3 Å². The van der Waals surface area contributed by atoms with E-state index in [2.05, 4.69) is 16.4 Å². The van der Waals surface area contributed by atoms with Gasteiger partial charge < -0.3 is 14.8 Å². The number of ether oxygens (including phenoxy) is 2. The lowest BCUT2D eigenvalue weighted by molar-refractivity contribution is -0.115. The van der Waals surface area contributed by atoms with Gasteiger partial charge in [-0.2, -0.15) is 0 Å². The number of rotatable bonds is 6. The third kappa shape index (κ3) is 5.37. The minimum Gasteiger partial charge on any atom is -0.493 e. The number of aliphatic imine (C=N–C) groups is 1. The van der Waals surface area contributed by atoms with Crippen LogP contribution in [0.4, 0.5) is 5.69 Å². The van der Waals surface area contributed by atoms with Gasteiger partial charge in [-0.25, -0.2) is 4.99 Å². The molecule has 1 saturated heterocycles. The molecule has 1 fully saturated rings. The van der Waals surface area contributed by atoms with Crippen molar-refractivity contribution in [2.45, 2.75) is 40.2 Å². The van der Waals surface area contributed by atoms with Crippen LogP contribution in [0.3, 0.4) is 0 Å². The second kappa shape index (κ2) is 9.58. The highest BCUT2D eigenvalue weighted by molar-refractivity contribution is 8.18. The van der Waals surface area contributed by atoms with Crippen LogP contribution in [0, 0.1) is 13.8 Å². The number of nitrogens with one attached hydrogen (secondary N) is 1. The first-order valence-electron chi connectivity index (χ1n) is 9.71. The zero-order valence-electron chi connectivity index (χ0n) is 17.7. The molecule has 3 rings (SSSR count). The number of methoxy groups -OCH3 is 1. The largest absolute Gasteiger partial charge is 0.493 e. The van der Waals surface area contributed by atoms with E-state index in [0.29, 0.717) is 26.6 Å². The monoisotopic (exact) mass is 444 g/mol. The molecular formula is C23H25ClN2O3S. The third-order valence-corrected chi connectivity index (χ3v) is 5.72. The van der Waals surface area contributed by atoms with E-state index in [-0.39, 0.29) is 12.0 Å². The Labute approximate surface area is 186 Å². The highest BCUT2D eigenvalue weighted by atomic mass is 35.5. The molecule has 1 amide bonds. The molecule has 2 aromatic carbocycles. The van der Waals surface area contributed by atoms with Crippen LogP contribution in [0.1, 0.15) is 37.0 Å². The maximum absolute atomic E-state index is 12.4. The Morgan fingerprint density at radius 1 is 1.20 bits per heavy atom. The molecule has 1 aliphatic heterocycles. The van der Waals surface area contributed by atoms with Gasteiger partial charge in [0.1, 0.15) is 0 Å². The number of aryl methyl sites for hydroxylation is 2. The van der Waals surface area contributed by atoms with Crippen molar-refractivity contribution in [3.63, 3.8) is 0 Å². The Hall–Kier alpha value is -2.44. The number of carbonyl (C=O) groups excluding carboxylic acids is 1. The lowest BCUT2D eigenvalue weighted by atomic mass is 10.1. The van der Waals surface area contributed by atoms with Gasteiger partial charge in [0.2, 0.25) is 0 Å². The van der Waals surface area contributed by atoms with Crippen LogP contribution in [-0.4, -0.2) is 24.3 Å². The van der Waals surface area contributed by atoms with E-state index in [1.165, 1.54) is 11.8 Å². The second-order valence-electron chi connectivity index (χ2n) is 7.20. The van der Waals surface area contributed by atoms with Crippen LogP contribution < -0.4 is 14.8 Å². The highest BCUT2D eigenvalue weighted by Gasteiger charge is 2.24. The van der Waals surface area contributed by atoms with Crippen LogP contribution >= 0.6 is 23.4 Å². The summed E-state index contributed by atoms with van der Waals surface area (Å²) in [5, 5.41) is 3.80. The molecule has 0 bridgehead atoms. The zero-order chi connectivity index (χ0) is 21.8. The smallest absolute Gasteiger partial charge is 0.264 e. The summed E-state index contributed by atoms with van der Waals surface area (Å²) in [5.74, 6) is 0.844. The van der Waals surface area contributed by atoms with Crippen molar-refractivity contribution in [2.24, 2.45) is 4.99 Å². The maximum atomic E-state index is 12.4.